The number of hydrogen-bond donors (Lipinski definition) is 0. The van der Waals surface area contributed by atoms with Gasteiger partial charge in [-0.3, -0.25) is 0 Å². The summed E-state index contributed by atoms with van der Waals surface area (Å²) in [7, 11) is -4.50. The molecule has 0 radical (unpaired) electrons. The van der Waals surface area contributed by atoms with Gasteiger partial charge in [0, 0.05) is 12.2 Å². The van der Waals surface area contributed by atoms with E-state index in [9.17, 15) is 4.79 Å². The fourth-order valence-corrected chi connectivity index (χ4v) is 6.85. The first-order valence-corrected chi connectivity index (χ1v) is 21.5. The molecule has 0 bridgehead atoms. The smallest absolute Gasteiger partial charge is 0.338 e. The van der Waals surface area contributed by atoms with Crippen molar-refractivity contribution in [1.29, 1.82) is 0 Å². The minimum absolute atomic E-state index is 0.00557. The molecular weight excluding hydrogens is 573 g/mol. The SMILES string of the molecule is C/C(C#CC1=C[C@@H](O[Si](C)(C)C(C)(C)C)[C@@H](O[Si](C)(C)C(C)(C)C)[C@H]1OC(=O)c1ccccc1)=C/COC1CCCCO1. The molecule has 1 fully saturated rings. The van der Waals surface area contributed by atoms with E-state index in [-0.39, 0.29) is 22.5 Å². The molecule has 1 aliphatic carbocycles. The molecule has 1 saturated heterocycles. The number of allylic oxidation sites excluding steroid dienone is 1. The predicted molar refractivity (Wildman–Crippen MR) is 179 cm³/mol. The van der Waals surface area contributed by atoms with Crippen LogP contribution in [0.5, 0.6) is 0 Å². The van der Waals surface area contributed by atoms with Crippen molar-refractivity contribution >= 4 is 22.6 Å². The summed E-state index contributed by atoms with van der Waals surface area (Å²) in [5.41, 5.74) is 2.08. The monoisotopic (exact) mass is 626 g/mol. The lowest BCUT2D eigenvalue weighted by Gasteiger charge is -2.44. The third-order valence-corrected chi connectivity index (χ3v) is 18.2. The number of hydrogen-bond acceptors (Lipinski definition) is 6. The van der Waals surface area contributed by atoms with Crippen LogP contribution in [0.4, 0.5) is 0 Å². The number of carbonyl (C=O) groups is 1. The van der Waals surface area contributed by atoms with E-state index in [1.165, 1.54) is 0 Å². The van der Waals surface area contributed by atoms with Crippen LogP contribution >= 0.6 is 0 Å². The first-order chi connectivity index (χ1) is 19.9. The van der Waals surface area contributed by atoms with Gasteiger partial charge in [-0.25, -0.2) is 4.79 Å². The van der Waals surface area contributed by atoms with Crippen molar-refractivity contribution in [2.45, 2.75) is 129 Å². The summed E-state index contributed by atoms with van der Waals surface area (Å²) in [5.74, 6) is 6.21. The lowest BCUT2D eigenvalue weighted by Crippen LogP contribution is -2.53. The standard InChI is InChI=1S/C35H54O6Si2/c1-26(22-24-38-30-19-15-16-23-37-30)20-21-28-25-29(40-42(8,9)34(2,3)4)32(41-43(10,11)35(5,6)7)31(28)39-33(36)27-17-13-12-14-18-27/h12-14,17-18,22,25,29-32H,15-16,19,23-24H2,1-11H3/b26-22-/t29-,30?,31+,32-/m1/s1. The van der Waals surface area contributed by atoms with E-state index in [4.69, 9.17) is 23.1 Å². The van der Waals surface area contributed by atoms with Gasteiger partial charge in [0.15, 0.2) is 29.0 Å². The zero-order valence-electron chi connectivity index (χ0n) is 28.3. The Morgan fingerprint density at radius 3 is 2.19 bits per heavy atom. The highest BCUT2D eigenvalue weighted by molar-refractivity contribution is 6.74. The highest BCUT2D eigenvalue weighted by Crippen LogP contribution is 2.43. The van der Waals surface area contributed by atoms with Crippen LogP contribution in [-0.4, -0.2) is 60.4 Å². The van der Waals surface area contributed by atoms with Crippen molar-refractivity contribution in [2.75, 3.05) is 13.2 Å². The van der Waals surface area contributed by atoms with Gasteiger partial charge in [0.1, 0.15) is 6.10 Å². The second-order valence-corrected chi connectivity index (χ2v) is 24.3. The van der Waals surface area contributed by atoms with E-state index in [0.717, 1.165) is 31.4 Å². The molecule has 0 amide bonds. The van der Waals surface area contributed by atoms with Gasteiger partial charge in [-0.1, -0.05) is 71.6 Å². The Balaban J connectivity index is 1.97. The van der Waals surface area contributed by atoms with E-state index in [1.807, 2.05) is 37.3 Å². The topological polar surface area (TPSA) is 63.2 Å². The highest BCUT2D eigenvalue weighted by atomic mass is 28.4. The van der Waals surface area contributed by atoms with Crippen molar-refractivity contribution in [3.8, 4) is 11.8 Å². The third kappa shape index (κ3) is 9.74. The summed E-state index contributed by atoms with van der Waals surface area (Å²) in [6.07, 6.45) is 5.42. The molecule has 1 aliphatic heterocycles. The number of rotatable bonds is 9. The van der Waals surface area contributed by atoms with E-state index in [2.05, 4.69) is 79.6 Å². The zero-order valence-corrected chi connectivity index (χ0v) is 30.3. The van der Waals surface area contributed by atoms with Gasteiger partial charge >= 0.3 is 5.97 Å². The maximum atomic E-state index is 13.4. The summed E-state index contributed by atoms with van der Waals surface area (Å²) in [5, 5.41) is -0.0489. The lowest BCUT2D eigenvalue weighted by molar-refractivity contribution is -0.155. The molecule has 4 atom stereocenters. The lowest BCUT2D eigenvalue weighted by atomic mass is 10.1. The van der Waals surface area contributed by atoms with Gasteiger partial charge in [-0.15, -0.1) is 0 Å². The van der Waals surface area contributed by atoms with Crippen LogP contribution in [0.15, 0.2) is 53.6 Å². The molecule has 1 aromatic carbocycles. The summed E-state index contributed by atoms with van der Waals surface area (Å²) in [4.78, 5) is 13.4. The van der Waals surface area contributed by atoms with E-state index < -0.39 is 34.8 Å². The minimum atomic E-state index is -2.29. The molecule has 1 unspecified atom stereocenters. The molecule has 2 aliphatic rings. The number of carbonyl (C=O) groups excluding carboxylic acids is 1. The van der Waals surface area contributed by atoms with E-state index in [1.54, 1.807) is 12.1 Å². The molecule has 1 heterocycles. The average Bonchev–Trinajstić information content (AvgIpc) is 3.21. The maximum Gasteiger partial charge on any atom is 0.338 e. The predicted octanol–water partition coefficient (Wildman–Crippen LogP) is 8.43. The molecule has 3 rings (SSSR count). The molecule has 8 heteroatoms. The highest BCUT2D eigenvalue weighted by Gasteiger charge is 2.50. The normalized spacial score (nSPS) is 23.8. The van der Waals surface area contributed by atoms with Crippen LogP contribution in [0.3, 0.4) is 0 Å². The first-order valence-electron chi connectivity index (χ1n) is 15.7. The van der Waals surface area contributed by atoms with Crippen LogP contribution in [0.2, 0.25) is 36.3 Å². The van der Waals surface area contributed by atoms with Crippen molar-refractivity contribution in [2.24, 2.45) is 0 Å². The molecule has 43 heavy (non-hydrogen) atoms. The second-order valence-electron chi connectivity index (χ2n) is 14.8. The Labute approximate surface area is 262 Å². The Kier molecular flexibility index (Phi) is 11.9. The average molecular weight is 627 g/mol. The molecule has 6 nitrogen and oxygen atoms in total. The van der Waals surface area contributed by atoms with Crippen molar-refractivity contribution in [3.63, 3.8) is 0 Å². The van der Waals surface area contributed by atoms with Gasteiger partial charge in [0.2, 0.25) is 0 Å². The van der Waals surface area contributed by atoms with Crippen LogP contribution in [0, 0.1) is 11.8 Å². The summed E-state index contributed by atoms with van der Waals surface area (Å²) >= 11 is 0. The number of esters is 1. The maximum absolute atomic E-state index is 13.4. The quantitative estimate of drug-likeness (QED) is 0.156. The van der Waals surface area contributed by atoms with Crippen LogP contribution < -0.4 is 0 Å². The molecule has 0 N–H and O–H groups in total. The van der Waals surface area contributed by atoms with E-state index in [0.29, 0.717) is 17.7 Å². The minimum Gasteiger partial charge on any atom is -0.450 e. The van der Waals surface area contributed by atoms with Crippen LogP contribution in [0.1, 0.15) is 78.1 Å². The van der Waals surface area contributed by atoms with Crippen molar-refractivity contribution in [3.05, 3.63) is 59.2 Å². The molecule has 1 aromatic rings. The van der Waals surface area contributed by atoms with Gasteiger partial charge < -0.3 is 23.1 Å². The van der Waals surface area contributed by atoms with Crippen molar-refractivity contribution < 1.29 is 27.9 Å². The largest absolute Gasteiger partial charge is 0.450 e. The second kappa shape index (κ2) is 14.4. The van der Waals surface area contributed by atoms with Gasteiger partial charge in [-0.05, 0) is 92.3 Å². The molecular formula is C35H54O6Si2. The Morgan fingerprint density at radius 2 is 1.60 bits per heavy atom. The van der Waals surface area contributed by atoms with Crippen molar-refractivity contribution in [1.82, 2.24) is 0 Å². The fourth-order valence-electron chi connectivity index (χ4n) is 4.33. The van der Waals surface area contributed by atoms with Gasteiger partial charge in [-0.2, -0.15) is 0 Å². The summed E-state index contributed by atoms with van der Waals surface area (Å²) in [6.45, 7) is 25.4. The van der Waals surface area contributed by atoms with Gasteiger partial charge in [0.25, 0.3) is 0 Å². The van der Waals surface area contributed by atoms with Gasteiger partial charge in [0.05, 0.1) is 18.3 Å². The molecule has 0 spiro atoms. The summed E-state index contributed by atoms with van der Waals surface area (Å²) < 4.78 is 31.8. The third-order valence-electron chi connectivity index (χ3n) is 9.20. The fraction of sp³-hybridized carbons (Fsp3) is 0.629. The number of benzene rings is 1. The number of ether oxygens (including phenoxy) is 3. The molecule has 238 valence electrons. The summed E-state index contributed by atoms with van der Waals surface area (Å²) in [6, 6.07) is 9.09. The van der Waals surface area contributed by atoms with E-state index >= 15 is 0 Å². The Hall–Kier alpha value is -2.00. The Bertz CT molecular complexity index is 1200. The van der Waals surface area contributed by atoms with Crippen LogP contribution in [-0.2, 0) is 23.1 Å². The first kappa shape index (κ1) is 35.5. The zero-order chi connectivity index (χ0) is 32.1. The molecule has 0 aromatic heterocycles. The van der Waals surface area contributed by atoms with Crippen LogP contribution in [0.25, 0.3) is 0 Å². The molecule has 0 saturated carbocycles. The Morgan fingerprint density at radius 1 is 0.977 bits per heavy atom.